The summed E-state index contributed by atoms with van der Waals surface area (Å²) in [6, 6.07) is -0.469. The van der Waals surface area contributed by atoms with Crippen LogP contribution in [0.15, 0.2) is 17.3 Å². The van der Waals surface area contributed by atoms with Crippen LogP contribution in [0.25, 0.3) is 0 Å². The normalized spacial score (nSPS) is 12.2. The second-order valence-corrected chi connectivity index (χ2v) is 3.06. The van der Waals surface area contributed by atoms with E-state index in [1.807, 2.05) is 0 Å². The Morgan fingerprint density at radius 1 is 1.64 bits per heavy atom. The van der Waals surface area contributed by atoms with Crippen molar-refractivity contribution in [2.45, 2.75) is 19.9 Å². The molecule has 14 heavy (non-hydrogen) atoms. The molecule has 0 radical (unpaired) electrons. The molecular formula is C9H13N3O2. The van der Waals surface area contributed by atoms with Crippen LogP contribution < -0.4 is 10.9 Å². The number of hydrogen-bond donors (Lipinski definition) is 1. The second-order valence-electron chi connectivity index (χ2n) is 3.06. The predicted molar refractivity (Wildman–Crippen MR) is 53.4 cm³/mol. The summed E-state index contributed by atoms with van der Waals surface area (Å²) in [7, 11) is 1.64. The fourth-order valence-corrected chi connectivity index (χ4v) is 1.07. The summed E-state index contributed by atoms with van der Waals surface area (Å²) in [5.74, 6) is -0.0675. The van der Waals surface area contributed by atoms with E-state index in [1.54, 1.807) is 14.0 Å². The van der Waals surface area contributed by atoms with E-state index in [0.717, 1.165) is 0 Å². The van der Waals surface area contributed by atoms with Gasteiger partial charge in [0, 0.05) is 7.05 Å². The van der Waals surface area contributed by atoms with E-state index in [-0.39, 0.29) is 11.3 Å². The molecule has 0 amide bonds. The third-order valence-corrected chi connectivity index (χ3v) is 2.13. The number of anilines is 1. The van der Waals surface area contributed by atoms with Gasteiger partial charge in [0.1, 0.15) is 5.69 Å². The Labute approximate surface area is 81.8 Å². The highest BCUT2D eigenvalue weighted by Gasteiger charge is 2.12. The van der Waals surface area contributed by atoms with Crippen LogP contribution in [-0.2, 0) is 4.79 Å². The first-order chi connectivity index (χ1) is 6.57. The fourth-order valence-electron chi connectivity index (χ4n) is 1.07. The molecule has 5 heteroatoms. The van der Waals surface area contributed by atoms with Crippen LogP contribution in [0.1, 0.15) is 19.9 Å². The molecule has 1 rings (SSSR count). The van der Waals surface area contributed by atoms with Crippen molar-refractivity contribution in [3.05, 3.63) is 22.9 Å². The lowest BCUT2D eigenvalue weighted by atomic mass is 10.2. The molecule has 0 saturated carbocycles. The van der Waals surface area contributed by atoms with Crippen LogP contribution in [0.5, 0.6) is 0 Å². The molecule has 0 aliphatic carbocycles. The summed E-state index contributed by atoms with van der Waals surface area (Å²) in [4.78, 5) is 26.6. The summed E-state index contributed by atoms with van der Waals surface area (Å²) < 4.78 is 1.31. The number of nitrogens with one attached hydrogen (secondary N) is 1. The van der Waals surface area contributed by atoms with Crippen LogP contribution in [0, 0.1) is 0 Å². The van der Waals surface area contributed by atoms with E-state index in [9.17, 15) is 9.59 Å². The van der Waals surface area contributed by atoms with Crippen LogP contribution in [0.2, 0.25) is 0 Å². The van der Waals surface area contributed by atoms with E-state index in [4.69, 9.17) is 0 Å². The number of nitrogens with zero attached hydrogens (tertiary/aromatic N) is 2. The molecule has 1 N–H and O–H groups in total. The first-order valence-corrected chi connectivity index (χ1v) is 4.32. The zero-order valence-corrected chi connectivity index (χ0v) is 8.44. The quantitative estimate of drug-likeness (QED) is 0.759. The molecule has 0 saturated heterocycles. The third kappa shape index (κ3) is 1.81. The molecule has 0 aromatic carbocycles. The molecular weight excluding hydrogens is 182 g/mol. The Morgan fingerprint density at radius 3 is 2.79 bits per heavy atom. The van der Waals surface area contributed by atoms with E-state index < -0.39 is 6.04 Å². The number of carbonyl (C=O) groups excluding carboxylic acids is 1. The first kappa shape index (κ1) is 10.4. The highest BCUT2D eigenvalue weighted by atomic mass is 16.1. The van der Waals surface area contributed by atoms with Crippen molar-refractivity contribution in [2.75, 3.05) is 12.4 Å². The SMILES string of the molecule is CNc1cncn(C(C)C(C)=O)c1=O. The molecule has 0 spiro atoms. The topological polar surface area (TPSA) is 64.0 Å². The molecule has 1 unspecified atom stereocenters. The van der Waals surface area contributed by atoms with Crippen LogP contribution >= 0.6 is 0 Å². The van der Waals surface area contributed by atoms with Crippen molar-refractivity contribution in [2.24, 2.45) is 0 Å². The Kier molecular flexibility index (Phi) is 3.01. The zero-order chi connectivity index (χ0) is 10.7. The fraction of sp³-hybridized carbons (Fsp3) is 0.444. The number of hydrogen-bond acceptors (Lipinski definition) is 4. The summed E-state index contributed by atoms with van der Waals surface area (Å²) in [6.45, 7) is 3.12. The van der Waals surface area contributed by atoms with Crippen molar-refractivity contribution < 1.29 is 4.79 Å². The summed E-state index contributed by atoms with van der Waals surface area (Å²) in [5.41, 5.74) is 0.158. The first-order valence-electron chi connectivity index (χ1n) is 4.32. The summed E-state index contributed by atoms with van der Waals surface area (Å²) in [5, 5.41) is 2.72. The summed E-state index contributed by atoms with van der Waals surface area (Å²) >= 11 is 0. The molecule has 76 valence electrons. The largest absolute Gasteiger partial charge is 0.382 e. The van der Waals surface area contributed by atoms with Gasteiger partial charge in [-0.1, -0.05) is 0 Å². The number of carbonyl (C=O) groups is 1. The van der Waals surface area contributed by atoms with Crippen molar-refractivity contribution in [1.82, 2.24) is 9.55 Å². The van der Waals surface area contributed by atoms with Gasteiger partial charge in [-0.25, -0.2) is 4.98 Å². The van der Waals surface area contributed by atoms with Crippen molar-refractivity contribution in [3.8, 4) is 0 Å². The lowest BCUT2D eigenvalue weighted by Gasteiger charge is -2.11. The number of aromatic nitrogens is 2. The molecule has 1 atom stereocenters. The number of ketones is 1. The molecule has 1 aromatic heterocycles. The molecule has 1 aromatic rings. The maximum absolute atomic E-state index is 11.7. The maximum atomic E-state index is 11.7. The van der Waals surface area contributed by atoms with Gasteiger partial charge in [-0.15, -0.1) is 0 Å². The van der Waals surface area contributed by atoms with Gasteiger partial charge < -0.3 is 5.32 Å². The van der Waals surface area contributed by atoms with Crippen LogP contribution in [0.3, 0.4) is 0 Å². The van der Waals surface area contributed by atoms with Gasteiger partial charge in [0.05, 0.1) is 18.6 Å². The van der Waals surface area contributed by atoms with Gasteiger partial charge in [0.2, 0.25) is 0 Å². The predicted octanol–water partition coefficient (Wildman–Crippen LogP) is 0.435. The van der Waals surface area contributed by atoms with E-state index in [1.165, 1.54) is 24.0 Å². The molecule has 0 aliphatic heterocycles. The van der Waals surface area contributed by atoms with Gasteiger partial charge in [0.15, 0.2) is 5.78 Å². The maximum Gasteiger partial charge on any atom is 0.277 e. The second kappa shape index (κ2) is 4.04. The van der Waals surface area contributed by atoms with Crippen LogP contribution in [0.4, 0.5) is 5.69 Å². The minimum atomic E-state index is -0.469. The van der Waals surface area contributed by atoms with E-state index in [0.29, 0.717) is 5.69 Å². The van der Waals surface area contributed by atoms with Crippen molar-refractivity contribution in [3.63, 3.8) is 0 Å². The lowest BCUT2D eigenvalue weighted by molar-refractivity contribution is -0.119. The Balaban J connectivity index is 3.23. The van der Waals surface area contributed by atoms with Gasteiger partial charge in [-0.05, 0) is 13.8 Å². The molecule has 0 bridgehead atoms. The van der Waals surface area contributed by atoms with Gasteiger partial charge >= 0.3 is 0 Å². The Bertz CT molecular complexity index is 397. The monoisotopic (exact) mass is 195 g/mol. The zero-order valence-electron chi connectivity index (χ0n) is 8.44. The highest BCUT2D eigenvalue weighted by Crippen LogP contribution is 2.03. The molecule has 5 nitrogen and oxygen atoms in total. The smallest absolute Gasteiger partial charge is 0.277 e. The Hall–Kier alpha value is -1.65. The number of rotatable bonds is 3. The van der Waals surface area contributed by atoms with Crippen LogP contribution in [-0.4, -0.2) is 22.4 Å². The standard InChI is InChI=1S/C9H13N3O2/c1-6(7(2)13)12-5-11-4-8(10-3)9(12)14/h4-6,10H,1-3H3. The Morgan fingerprint density at radius 2 is 2.29 bits per heavy atom. The average molecular weight is 195 g/mol. The van der Waals surface area contributed by atoms with Crippen molar-refractivity contribution >= 4 is 11.5 Å². The number of Topliss-reactive ketones (excluding diaryl/α,β-unsaturated/α-hetero) is 1. The van der Waals surface area contributed by atoms with Gasteiger partial charge in [-0.2, -0.15) is 0 Å². The minimum Gasteiger partial charge on any atom is -0.382 e. The third-order valence-electron chi connectivity index (χ3n) is 2.13. The van der Waals surface area contributed by atoms with E-state index in [2.05, 4.69) is 10.3 Å². The molecule has 1 heterocycles. The molecule has 0 fully saturated rings. The molecule has 0 aliphatic rings. The van der Waals surface area contributed by atoms with Gasteiger partial charge in [-0.3, -0.25) is 14.2 Å². The average Bonchev–Trinajstić information content (AvgIpc) is 2.17. The van der Waals surface area contributed by atoms with Crippen molar-refractivity contribution in [1.29, 1.82) is 0 Å². The summed E-state index contributed by atoms with van der Waals surface area (Å²) in [6.07, 6.45) is 2.81. The lowest BCUT2D eigenvalue weighted by Crippen LogP contribution is -2.28. The minimum absolute atomic E-state index is 0.0675. The highest BCUT2D eigenvalue weighted by molar-refractivity contribution is 5.79. The van der Waals surface area contributed by atoms with E-state index >= 15 is 0 Å². The van der Waals surface area contributed by atoms with Gasteiger partial charge in [0.25, 0.3) is 5.56 Å².